The van der Waals surface area contributed by atoms with Gasteiger partial charge in [0.25, 0.3) is 0 Å². The first kappa shape index (κ1) is 17.1. The molecule has 138 valence electrons. The minimum Gasteiger partial charge on any atom is -0.489 e. The molecule has 1 unspecified atom stereocenters. The highest BCUT2D eigenvalue weighted by molar-refractivity contribution is 5.95. The van der Waals surface area contributed by atoms with Gasteiger partial charge in [0.05, 0.1) is 23.4 Å². The fourth-order valence-corrected chi connectivity index (χ4v) is 3.42. The number of urea groups is 1. The number of nitriles is 1. The van der Waals surface area contributed by atoms with Gasteiger partial charge >= 0.3 is 6.03 Å². The molecule has 0 spiro atoms. The average Bonchev–Trinajstić information content (AvgIpc) is 2.73. The molecule has 1 aromatic heterocycles. The van der Waals surface area contributed by atoms with E-state index in [1.54, 1.807) is 41.6 Å². The van der Waals surface area contributed by atoms with Crippen molar-refractivity contribution in [1.82, 2.24) is 14.9 Å². The van der Waals surface area contributed by atoms with Gasteiger partial charge in [-0.2, -0.15) is 5.26 Å². The molecule has 0 aliphatic carbocycles. The lowest BCUT2D eigenvalue weighted by molar-refractivity contribution is 0.190. The molecule has 2 aliphatic rings. The van der Waals surface area contributed by atoms with E-state index in [9.17, 15) is 4.79 Å². The maximum atomic E-state index is 13.2. The fraction of sp³-hybridized carbons (Fsp3) is 0.368. The molecule has 27 heavy (non-hydrogen) atoms. The maximum absolute atomic E-state index is 13.2. The van der Waals surface area contributed by atoms with Crippen LogP contribution in [0.15, 0.2) is 36.7 Å². The summed E-state index contributed by atoms with van der Waals surface area (Å²) in [5.41, 5.74) is 1.23. The summed E-state index contributed by atoms with van der Waals surface area (Å²) in [5, 5.41) is 9.08. The molecule has 1 saturated heterocycles. The Morgan fingerprint density at radius 2 is 1.96 bits per heavy atom. The van der Waals surface area contributed by atoms with E-state index in [0.29, 0.717) is 55.7 Å². The Bertz CT molecular complexity index is 874. The number of nitrogens with zero attached hydrogens (tertiary/aromatic N) is 6. The van der Waals surface area contributed by atoms with E-state index in [0.717, 1.165) is 0 Å². The number of amides is 2. The summed E-state index contributed by atoms with van der Waals surface area (Å²) in [4.78, 5) is 27.5. The van der Waals surface area contributed by atoms with E-state index >= 15 is 0 Å². The van der Waals surface area contributed by atoms with Crippen LogP contribution in [-0.2, 0) is 0 Å². The molecule has 3 heterocycles. The van der Waals surface area contributed by atoms with Crippen LogP contribution in [0.3, 0.4) is 0 Å². The van der Waals surface area contributed by atoms with Gasteiger partial charge in [0.1, 0.15) is 12.4 Å². The van der Waals surface area contributed by atoms with Gasteiger partial charge in [0.15, 0.2) is 0 Å². The van der Waals surface area contributed by atoms with Gasteiger partial charge in [-0.15, -0.1) is 0 Å². The first-order chi connectivity index (χ1) is 13.2. The second-order valence-electron chi connectivity index (χ2n) is 6.63. The number of piperazine rings is 1. The van der Waals surface area contributed by atoms with Gasteiger partial charge in [-0.1, -0.05) is 0 Å². The number of fused-ring (bicyclic) bond motifs is 1. The Balaban J connectivity index is 1.50. The molecule has 1 atom stereocenters. The molecule has 2 amide bonds. The van der Waals surface area contributed by atoms with E-state index in [2.05, 4.69) is 20.9 Å². The largest absolute Gasteiger partial charge is 0.489 e. The average molecular weight is 364 g/mol. The fourth-order valence-electron chi connectivity index (χ4n) is 3.42. The molecule has 8 nitrogen and oxygen atoms in total. The van der Waals surface area contributed by atoms with Crippen LogP contribution >= 0.6 is 0 Å². The Kier molecular flexibility index (Phi) is 4.50. The van der Waals surface area contributed by atoms with Crippen LogP contribution in [-0.4, -0.2) is 59.7 Å². The monoisotopic (exact) mass is 364 g/mol. The summed E-state index contributed by atoms with van der Waals surface area (Å²) in [5.74, 6) is 1.27. The summed E-state index contributed by atoms with van der Waals surface area (Å²) in [6, 6.07) is 8.97. The van der Waals surface area contributed by atoms with Gasteiger partial charge in [0.2, 0.25) is 5.95 Å². The van der Waals surface area contributed by atoms with Crippen molar-refractivity contribution in [2.24, 2.45) is 0 Å². The van der Waals surface area contributed by atoms with Gasteiger partial charge in [0, 0.05) is 44.6 Å². The quantitative estimate of drug-likeness (QED) is 0.768. The molecule has 2 aromatic rings. The third-order valence-electron chi connectivity index (χ3n) is 4.86. The highest BCUT2D eigenvalue weighted by Gasteiger charge is 2.34. The van der Waals surface area contributed by atoms with Gasteiger partial charge in [-0.3, -0.25) is 4.90 Å². The van der Waals surface area contributed by atoms with E-state index in [-0.39, 0.29) is 12.1 Å². The first-order valence-corrected chi connectivity index (χ1v) is 8.94. The molecule has 4 rings (SSSR count). The summed E-state index contributed by atoms with van der Waals surface area (Å²) in [7, 11) is 0. The molecule has 0 N–H and O–H groups in total. The predicted molar refractivity (Wildman–Crippen MR) is 99.8 cm³/mol. The third kappa shape index (κ3) is 3.24. The van der Waals surface area contributed by atoms with E-state index < -0.39 is 0 Å². The lowest BCUT2D eigenvalue weighted by atomic mass is 10.1. The molecular weight excluding hydrogens is 344 g/mol. The summed E-state index contributed by atoms with van der Waals surface area (Å²) >= 11 is 0. The summed E-state index contributed by atoms with van der Waals surface area (Å²) in [6.45, 7) is 4.96. The molecule has 1 fully saturated rings. The van der Waals surface area contributed by atoms with Crippen LogP contribution in [0.4, 0.5) is 16.4 Å². The van der Waals surface area contributed by atoms with Crippen LogP contribution in [0, 0.1) is 11.3 Å². The lowest BCUT2D eigenvalue weighted by Gasteiger charge is -2.41. The number of carbonyl (C=O) groups is 1. The van der Waals surface area contributed by atoms with Crippen molar-refractivity contribution in [1.29, 1.82) is 5.26 Å². The second kappa shape index (κ2) is 7.11. The standard InChI is InChI=1S/C19H20N6O2/c1-14-13-27-17-11-15(12-20)3-4-16(17)25(14)19(26)24-9-7-23(8-10-24)18-21-5-2-6-22-18/h2-6,11,14H,7-10,13H2,1H3. The Hall–Kier alpha value is -3.34. The first-order valence-electron chi connectivity index (χ1n) is 8.94. The number of hydrogen-bond acceptors (Lipinski definition) is 6. The van der Waals surface area contributed by atoms with E-state index in [1.165, 1.54) is 0 Å². The summed E-state index contributed by atoms with van der Waals surface area (Å²) < 4.78 is 5.73. The molecule has 0 radical (unpaired) electrons. The van der Waals surface area contributed by atoms with Crippen molar-refractivity contribution >= 4 is 17.7 Å². The van der Waals surface area contributed by atoms with Crippen molar-refractivity contribution in [2.45, 2.75) is 13.0 Å². The Morgan fingerprint density at radius 3 is 2.67 bits per heavy atom. The lowest BCUT2D eigenvalue weighted by Crippen LogP contribution is -2.56. The number of hydrogen-bond donors (Lipinski definition) is 0. The van der Waals surface area contributed by atoms with Crippen LogP contribution < -0.4 is 14.5 Å². The Morgan fingerprint density at radius 1 is 1.22 bits per heavy atom. The molecular formula is C19H20N6O2. The number of carbonyl (C=O) groups excluding carboxylic acids is 1. The maximum Gasteiger partial charge on any atom is 0.325 e. The topological polar surface area (TPSA) is 85.6 Å². The highest BCUT2D eigenvalue weighted by Crippen LogP contribution is 2.35. The zero-order chi connectivity index (χ0) is 18.8. The molecule has 0 bridgehead atoms. The van der Waals surface area contributed by atoms with Crippen molar-refractivity contribution in [3.63, 3.8) is 0 Å². The second-order valence-corrected chi connectivity index (χ2v) is 6.63. The molecule has 2 aliphatic heterocycles. The highest BCUT2D eigenvalue weighted by atomic mass is 16.5. The van der Waals surface area contributed by atoms with Crippen LogP contribution in [0.2, 0.25) is 0 Å². The van der Waals surface area contributed by atoms with Crippen molar-refractivity contribution < 1.29 is 9.53 Å². The van der Waals surface area contributed by atoms with Crippen LogP contribution in [0.25, 0.3) is 0 Å². The minimum atomic E-state index is -0.0755. The van der Waals surface area contributed by atoms with Gasteiger partial charge in [-0.25, -0.2) is 14.8 Å². The van der Waals surface area contributed by atoms with E-state index in [1.807, 2.05) is 11.8 Å². The van der Waals surface area contributed by atoms with Crippen LogP contribution in [0.5, 0.6) is 5.75 Å². The number of rotatable bonds is 1. The molecule has 0 saturated carbocycles. The smallest absolute Gasteiger partial charge is 0.325 e. The zero-order valence-electron chi connectivity index (χ0n) is 15.1. The number of anilines is 2. The van der Waals surface area contributed by atoms with Crippen molar-refractivity contribution in [3.8, 4) is 11.8 Å². The third-order valence-corrected chi connectivity index (χ3v) is 4.86. The van der Waals surface area contributed by atoms with Gasteiger partial charge in [-0.05, 0) is 25.1 Å². The van der Waals surface area contributed by atoms with Gasteiger partial charge < -0.3 is 14.5 Å². The molecule has 1 aromatic carbocycles. The number of benzene rings is 1. The molecule has 8 heteroatoms. The Labute approximate surface area is 157 Å². The SMILES string of the molecule is CC1COc2cc(C#N)ccc2N1C(=O)N1CCN(c2ncccn2)CC1. The normalized spacial score (nSPS) is 19.1. The van der Waals surface area contributed by atoms with E-state index in [4.69, 9.17) is 10.00 Å². The van der Waals surface area contributed by atoms with Crippen molar-refractivity contribution in [2.75, 3.05) is 42.6 Å². The summed E-state index contributed by atoms with van der Waals surface area (Å²) in [6.07, 6.45) is 3.45. The number of ether oxygens (including phenoxy) is 1. The zero-order valence-corrected chi connectivity index (χ0v) is 15.1. The van der Waals surface area contributed by atoms with Crippen LogP contribution in [0.1, 0.15) is 12.5 Å². The number of aromatic nitrogens is 2. The predicted octanol–water partition coefficient (Wildman–Crippen LogP) is 1.88. The minimum absolute atomic E-state index is 0.0367. The van der Waals surface area contributed by atoms with Crippen molar-refractivity contribution in [3.05, 3.63) is 42.2 Å².